The van der Waals surface area contributed by atoms with Gasteiger partial charge in [-0.2, -0.15) is 5.10 Å². The minimum absolute atomic E-state index is 0.254. The van der Waals surface area contributed by atoms with E-state index >= 15 is 0 Å². The predicted octanol–water partition coefficient (Wildman–Crippen LogP) is 3.16. The van der Waals surface area contributed by atoms with Crippen LogP contribution in [-0.4, -0.2) is 43.7 Å². The summed E-state index contributed by atoms with van der Waals surface area (Å²) in [5.41, 5.74) is 14.8. The fourth-order valence-electron chi connectivity index (χ4n) is 4.18. The van der Waals surface area contributed by atoms with Gasteiger partial charge in [0, 0.05) is 36.5 Å². The lowest BCUT2D eigenvalue weighted by atomic mass is 9.95. The molecule has 0 aromatic carbocycles. The number of nitrogens with two attached hydrogens (primary N) is 1. The minimum Gasteiger partial charge on any atom is -0.353 e. The molecule has 0 spiro atoms. The number of nitrogens with zero attached hydrogens (tertiary/aromatic N) is 5. The van der Waals surface area contributed by atoms with E-state index in [1.54, 1.807) is 6.33 Å². The number of aryl methyl sites for hydroxylation is 1. The van der Waals surface area contributed by atoms with E-state index in [4.69, 9.17) is 10.7 Å². The van der Waals surface area contributed by atoms with Gasteiger partial charge in [0.15, 0.2) is 5.65 Å². The van der Waals surface area contributed by atoms with Gasteiger partial charge in [0.25, 0.3) is 0 Å². The van der Waals surface area contributed by atoms with Gasteiger partial charge in [0.2, 0.25) is 0 Å². The van der Waals surface area contributed by atoms with Gasteiger partial charge >= 0.3 is 0 Å². The largest absolute Gasteiger partial charge is 0.353 e. The van der Waals surface area contributed by atoms with Crippen LogP contribution in [0.15, 0.2) is 24.7 Å². The molecular formula is C21H25N7. The molecule has 0 aliphatic carbocycles. The molecule has 28 heavy (non-hydrogen) atoms. The Labute approximate surface area is 163 Å². The molecule has 5 rings (SSSR count). The third kappa shape index (κ3) is 2.43. The molecule has 1 saturated heterocycles. The first-order valence-electron chi connectivity index (χ1n) is 9.77. The highest BCUT2D eigenvalue weighted by Gasteiger charge is 2.26. The molecule has 0 radical (unpaired) electrons. The molecule has 0 atom stereocenters. The summed E-state index contributed by atoms with van der Waals surface area (Å²) >= 11 is 0. The number of anilines is 1. The van der Waals surface area contributed by atoms with Crippen molar-refractivity contribution in [2.24, 2.45) is 5.73 Å². The standard InChI is InChI=1S/C21H25N7/c1-11(2)18-19(15-9-28-21(23-10-24-28)13(4)12(15)3)25-16-5-6-17(26-20(16)18)27-7-14(22)8-27/h5-6,9-11,14,25H,7-8,22H2,1-4H3. The number of fused-ring (bicyclic) bond motifs is 2. The highest BCUT2D eigenvalue weighted by Crippen LogP contribution is 2.38. The van der Waals surface area contributed by atoms with Gasteiger partial charge in [-0.3, -0.25) is 0 Å². The highest BCUT2D eigenvalue weighted by molar-refractivity contribution is 5.90. The zero-order chi connectivity index (χ0) is 19.6. The molecule has 0 bridgehead atoms. The Kier molecular flexibility index (Phi) is 3.71. The maximum atomic E-state index is 5.96. The molecule has 1 aliphatic heterocycles. The topological polar surface area (TPSA) is 88.1 Å². The van der Waals surface area contributed by atoms with Crippen molar-refractivity contribution in [3.05, 3.63) is 41.3 Å². The first-order chi connectivity index (χ1) is 13.4. The van der Waals surface area contributed by atoms with E-state index in [0.717, 1.165) is 52.4 Å². The van der Waals surface area contributed by atoms with Gasteiger partial charge < -0.3 is 15.6 Å². The minimum atomic E-state index is 0.254. The number of aromatic amines is 1. The Bertz CT molecular complexity index is 1190. The van der Waals surface area contributed by atoms with Gasteiger partial charge in [-0.1, -0.05) is 13.8 Å². The van der Waals surface area contributed by atoms with E-state index in [-0.39, 0.29) is 6.04 Å². The average Bonchev–Trinajstić information content (AvgIpc) is 3.25. The van der Waals surface area contributed by atoms with Crippen molar-refractivity contribution in [1.29, 1.82) is 0 Å². The van der Waals surface area contributed by atoms with Gasteiger partial charge in [-0.25, -0.2) is 14.5 Å². The SMILES string of the molecule is Cc1c(-c2[nH]c3ccc(N4CC(N)C4)nc3c2C(C)C)cn2ncnc2c1C. The lowest BCUT2D eigenvalue weighted by Gasteiger charge is -2.37. The Balaban J connectivity index is 1.73. The Hall–Kier alpha value is -2.93. The van der Waals surface area contributed by atoms with E-state index in [0.29, 0.717) is 5.92 Å². The second-order valence-corrected chi connectivity index (χ2v) is 8.12. The number of hydrogen-bond acceptors (Lipinski definition) is 5. The van der Waals surface area contributed by atoms with Gasteiger partial charge in [-0.05, 0) is 43.0 Å². The van der Waals surface area contributed by atoms with Crippen LogP contribution in [-0.2, 0) is 0 Å². The predicted molar refractivity (Wildman–Crippen MR) is 112 cm³/mol. The summed E-state index contributed by atoms with van der Waals surface area (Å²) in [6, 6.07) is 4.47. The molecule has 4 aromatic rings. The maximum absolute atomic E-state index is 5.96. The Morgan fingerprint density at radius 3 is 2.68 bits per heavy atom. The molecule has 0 unspecified atom stereocenters. The molecule has 0 amide bonds. The lowest BCUT2D eigenvalue weighted by Crippen LogP contribution is -2.56. The second kappa shape index (κ2) is 6.04. The van der Waals surface area contributed by atoms with E-state index < -0.39 is 0 Å². The molecule has 3 N–H and O–H groups in total. The fourth-order valence-corrected chi connectivity index (χ4v) is 4.18. The van der Waals surface area contributed by atoms with E-state index in [2.05, 4.69) is 66.0 Å². The molecule has 1 fully saturated rings. The van der Waals surface area contributed by atoms with Crippen molar-refractivity contribution in [1.82, 2.24) is 24.6 Å². The lowest BCUT2D eigenvalue weighted by molar-refractivity contribution is 0.515. The van der Waals surface area contributed by atoms with Crippen molar-refractivity contribution in [3.8, 4) is 11.3 Å². The number of rotatable bonds is 3. The van der Waals surface area contributed by atoms with E-state index in [1.807, 2.05) is 4.52 Å². The van der Waals surface area contributed by atoms with Gasteiger partial charge in [0.05, 0.1) is 16.7 Å². The number of nitrogens with one attached hydrogen (secondary N) is 1. The summed E-state index contributed by atoms with van der Waals surface area (Å²) in [6.45, 7) is 10.4. The van der Waals surface area contributed by atoms with E-state index in [1.165, 1.54) is 11.1 Å². The molecule has 0 saturated carbocycles. The van der Waals surface area contributed by atoms with Crippen LogP contribution >= 0.6 is 0 Å². The van der Waals surface area contributed by atoms with Crippen molar-refractivity contribution >= 4 is 22.5 Å². The van der Waals surface area contributed by atoms with Crippen molar-refractivity contribution in [3.63, 3.8) is 0 Å². The van der Waals surface area contributed by atoms with Crippen LogP contribution in [0.4, 0.5) is 5.82 Å². The summed E-state index contributed by atoms with van der Waals surface area (Å²) < 4.78 is 1.85. The number of hydrogen-bond donors (Lipinski definition) is 2. The third-order valence-electron chi connectivity index (χ3n) is 5.87. The van der Waals surface area contributed by atoms with Crippen LogP contribution in [0.2, 0.25) is 0 Å². The highest BCUT2D eigenvalue weighted by atomic mass is 15.3. The smallest absolute Gasteiger partial charge is 0.158 e. The quantitative estimate of drug-likeness (QED) is 0.574. The first-order valence-corrected chi connectivity index (χ1v) is 9.77. The van der Waals surface area contributed by atoms with Crippen LogP contribution in [0.1, 0.15) is 36.5 Å². The second-order valence-electron chi connectivity index (χ2n) is 8.12. The normalized spacial score (nSPS) is 15.1. The molecule has 144 valence electrons. The molecule has 1 aliphatic rings. The zero-order valence-electron chi connectivity index (χ0n) is 16.7. The average molecular weight is 375 g/mol. The Morgan fingerprint density at radius 1 is 1.18 bits per heavy atom. The van der Waals surface area contributed by atoms with Crippen LogP contribution in [0.5, 0.6) is 0 Å². The zero-order valence-corrected chi connectivity index (χ0v) is 16.7. The molecular weight excluding hydrogens is 350 g/mol. The van der Waals surface area contributed by atoms with Gasteiger partial charge in [0.1, 0.15) is 12.1 Å². The summed E-state index contributed by atoms with van der Waals surface area (Å²) in [7, 11) is 0. The Morgan fingerprint density at radius 2 is 1.96 bits per heavy atom. The van der Waals surface area contributed by atoms with Crippen LogP contribution in [0.25, 0.3) is 27.9 Å². The third-order valence-corrected chi connectivity index (χ3v) is 5.87. The first kappa shape index (κ1) is 17.2. The monoisotopic (exact) mass is 375 g/mol. The van der Waals surface area contributed by atoms with E-state index in [9.17, 15) is 0 Å². The molecule has 5 heterocycles. The molecule has 7 nitrogen and oxygen atoms in total. The maximum Gasteiger partial charge on any atom is 0.158 e. The molecule has 7 heteroatoms. The summed E-state index contributed by atoms with van der Waals surface area (Å²) in [5, 5.41) is 4.36. The summed E-state index contributed by atoms with van der Waals surface area (Å²) in [6.07, 6.45) is 3.67. The molecule has 4 aromatic heterocycles. The van der Waals surface area contributed by atoms with Crippen molar-refractivity contribution < 1.29 is 0 Å². The van der Waals surface area contributed by atoms with Crippen LogP contribution in [0, 0.1) is 13.8 Å². The summed E-state index contributed by atoms with van der Waals surface area (Å²) in [5.74, 6) is 1.33. The summed E-state index contributed by atoms with van der Waals surface area (Å²) in [4.78, 5) is 15.3. The number of pyridine rings is 2. The van der Waals surface area contributed by atoms with Crippen LogP contribution in [0.3, 0.4) is 0 Å². The van der Waals surface area contributed by atoms with Crippen molar-refractivity contribution in [2.75, 3.05) is 18.0 Å². The van der Waals surface area contributed by atoms with Gasteiger partial charge in [-0.15, -0.1) is 0 Å². The number of aromatic nitrogens is 5. The van der Waals surface area contributed by atoms with Crippen molar-refractivity contribution in [2.45, 2.75) is 39.7 Å². The fraction of sp³-hybridized carbons (Fsp3) is 0.381. The number of H-pyrrole nitrogens is 1. The van der Waals surface area contributed by atoms with Crippen LogP contribution < -0.4 is 10.6 Å².